The second kappa shape index (κ2) is 9.58. The number of benzene rings is 2. The number of quaternary nitrogens is 1. The van der Waals surface area contributed by atoms with Crippen molar-refractivity contribution in [2.75, 3.05) is 46.2 Å². The first-order valence-electron chi connectivity index (χ1n) is 8.56. The molecule has 0 heterocycles. The van der Waals surface area contributed by atoms with Crippen molar-refractivity contribution in [2.24, 2.45) is 0 Å². The van der Waals surface area contributed by atoms with Crippen LogP contribution in [0.15, 0.2) is 54.6 Å². The first-order chi connectivity index (χ1) is 12.5. The molecular formula is C20H26N3O3+. The third kappa shape index (κ3) is 6.22. The Morgan fingerprint density at radius 2 is 1.69 bits per heavy atom. The molecule has 138 valence electrons. The number of carbonyl (C=O) groups is 2. The Bertz CT molecular complexity index is 715. The third-order valence-electron chi connectivity index (χ3n) is 3.82. The van der Waals surface area contributed by atoms with Gasteiger partial charge in [-0.1, -0.05) is 18.2 Å². The van der Waals surface area contributed by atoms with Crippen LogP contribution in [0.25, 0.3) is 0 Å². The Labute approximate surface area is 154 Å². The number of carbonyl (C=O) groups excluding carboxylic acids is 2. The van der Waals surface area contributed by atoms with Gasteiger partial charge in [0.2, 0.25) is 0 Å². The van der Waals surface area contributed by atoms with Gasteiger partial charge in [0.25, 0.3) is 11.8 Å². The molecule has 0 saturated carbocycles. The normalized spacial score (nSPS) is 11.5. The molecule has 26 heavy (non-hydrogen) atoms. The second-order valence-electron chi connectivity index (χ2n) is 6.37. The van der Waals surface area contributed by atoms with E-state index in [1.54, 1.807) is 38.4 Å². The van der Waals surface area contributed by atoms with E-state index in [4.69, 9.17) is 4.74 Å². The molecule has 2 N–H and O–H groups in total. The molecule has 0 aromatic heterocycles. The van der Waals surface area contributed by atoms with Gasteiger partial charge in [0.05, 0.1) is 7.05 Å². The molecule has 0 spiro atoms. The minimum Gasteiger partial charge on any atom is -0.488 e. The number of hydrogen-bond donors (Lipinski definition) is 2. The van der Waals surface area contributed by atoms with Crippen molar-refractivity contribution in [1.82, 2.24) is 4.90 Å². The molecule has 2 aromatic carbocycles. The highest BCUT2D eigenvalue weighted by atomic mass is 16.5. The summed E-state index contributed by atoms with van der Waals surface area (Å²) in [6, 6.07) is 16.5. The average molecular weight is 356 g/mol. The highest BCUT2D eigenvalue weighted by molar-refractivity contribution is 5.95. The fourth-order valence-corrected chi connectivity index (χ4v) is 2.38. The summed E-state index contributed by atoms with van der Waals surface area (Å²) >= 11 is 0. The smallest absolute Gasteiger partial charge is 0.279 e. The molecule has 6 nitrogen and oxygen atoms in total. The number of hydrogen-bond acceptors (Lipinski definition) is 3. The molecule has 2 amide bonds. The van der Waals surface area contributed by atoms with E-state index in [1.165, 1.54) is 4.90 Å². The van der Waals surface area contributed by atoms with E-state index in [-0.39, 0.29) is 11.8 Å². The van der Waals surface area contributed by atoms with Gasteiger partial charge in [-0.3, -0.25) is 9.59 Å². The molecule has 1 unspecified atom stereocenters. The molecule has 0 aliphatic heterocycles. The van der Waals surface area contributed by atoms with Crippen LogP contribution in [0.1, 0.15) is 10.4 Å². The molecule has 6 heteroatoms. The van der Waals surface area contributed by atoms with E-state index in [0.717, 1.165) is 17.2 Å². The number of rotatable bonds is 8. The van der Waals surface area contributed by atoms with Crippen molar-refractivity contribution in [2.45, 2.75) is 0 Å². The Hall–Kier alpha value is -2.86. The molecule has 2 aromatic rings. The number of anilines is 1. The van der Waals surface area contributed by atoms with Gasteiger partial charge in [-0.05, 0) is 36.4 Å². The minimum absolute atomic E-state index is 0.0644. The maximum atomic E-state index is 12.1. The summed E-state index contributed by atoms with van der Waals surface area (Å²) in [5, 5.41) is 2.85. The number of amides is 2. The summed E-state index contributed by atoms with van der Waals surface area (Å²) < 4.78 is 5.64. The van der Waals surface area contributed by atoms with Crippen LogP contribution in [0.5, 0.6) is 5.75 Å². The largest absolute Gasteiger partial charge is 0.488 e. The van der Waals surface area contributed by atoms with E-state index >= 15 is 0 Å². The monoisotopic (exact) mass is 356 g/mol. The van der Waals surface area contributed by atoms with Crippen LogP contribution in [0, 0.1) is 0 Å². The van der Waals surface area contributed by atoms with Crippen molar-refractivity contribution in [3.8, 4) is 5.75 Å². The van der Waals surface area contributed by atoms with E-state index in [2.05, 4.69) is 5.32 Å². The van der Waals surface area contributed by atoms with Crippen LogP contribution < -0.4 is 15.0 Å². The van der Waals surface area contributed by atoms with Crippen molar-refractivity contribution in [3.05, 3.63) is 60.2 Å². The van der Waals surface area contributed by atoms with Crippen LogP contribution in [-0.2, 0) is 4.79 Å². The van der Waals surface area contributed by atoms with Crippen LogP contribution in [-0.4, -0.2) is 57.6 Å². The zero-order chi connectivity index (χ0) is 18.9. The summed E-state index contributed by atoms with van der Waals surface area (Å²) in [5.41, 5.74) is 1.27. The second-order valence-corrected chi connectivity index (χ2v) is 6.37. The van der Waals surface area contributed by atoms with Crippen molar-refractivity contribution in [3.63, 3.8) is 0 Å². The predicted octanol–water partition coefficient (Wildman–Crippen LogP) is 0.921. The first kappa shape index (κ1) is 19.5. The number of nitrogens with zero attached hydrogens (tertiary/aromatic N) is 1. The highest BCUT2D eigenvalue weighted by Gasteiger charge is 2.11. The number of ether oxygens (including phenoxy) is 1. The summed E-state index contributed by atoms with van der Waals surface area (Å²) in [7, 11) is 5.36. The maximum Gasteiger partial charge on any atom is 0.279 e. The lowest BCUT2D eigenvalue weighted by Crippen LogP contribution is -3.10. The van der Waals surface area contributed by atoms with Crippen LogP contribution in [0.3, 0.4) is 0 Å². The lowest BCUT2D eigenvalue weighted by atomic mass is 10.2. The Morgan fingerprint density at radius 1 is 1.04 bits per heavy atom. The Balaban J connectivity index is 1.74. The third-order valence-corrected chi connectivity index (χ3v) is 3.82. The highest BCUT2D eigenvalue weighted by Crippen LogP contribution is 2.10. The molecule has 0 saturated heterocycles. The van der Waals surface area contributed by atoms with Crippen molar-refractivity contribution in [1.29, 1.82) is 0 Å². The predicted molar refractivity (Wildman–Crippen MR) is 102 cm³/mol. The fraction of sp³-hybridized carbons (Fsp3) is 0.300. The SMILES string of the molecule is CN(C)C(=O)c1ccc(NC(=O)C[NH+](C)CCOc2ccccc2)cc1. The van der Waals surface area contributed by atoms with E-state index in [1.807, 2.05) is 37.4 Å². The molecule has 1 atom stereocenters. The fourth-order valence-electron chi connectivity index (χ4n) is 2.38. The van der Waals surface area contributed by atoms with Gasteiger partial charge < -0.3 is 19.9 Å². The number of nitrogens with one attached hydrogen (secondary N) is 2. The lowest BCUT2D eigenvalue weighted by Gasteiger charge is -2.15. The van der Waals surface area contributed by atoms with Gasteiger partial charge in [0.15, 0.2) is 6.54 Å². The van der Waals surface area contributed by atoms with Gasteiger partial charge in [-0.2, -0.15) is 0 Å². The maximum absolute atomic E-state index is 12.1. The zero-order valence-electron chi connectivity index (χ0n) is 15.5. The molecule has 0 aliphatic carbocycles. The van der Waals surface area contributed by atoms with Crippen molar-refractivity contribution >= 4 is 17.5 Å². The molecule has 0 bridgehead atoms. The average Bonchev–Trinajstić information content (AvgIpc) is 2.62. The van der Waals surface area contributed by atoms with Gasteiger partial charge in [0, 0.05) is 25.3 Å². The minimum atomic E-state index is -0.0751. The van der Waals surface area contributed by atoms with Crippen molar-refractivity contribution < 1.29 is 19.2 Å². The molecule has 0 fully saturated rings. The van der Waals surface area contributed by atoms with E-state index in [9.17, 15) is 9.59 Å². The van der Waals surface area contributed by atoms with Gasteiger partial charge >= 0.3 is 0 Å². The van der Waals surface area contributed by atoms with Crippen LogP contribution in [0.4, 0.5) is 5.69 Å². The van der Waals surface area contributed by atoms with Gasteiger partial charge in [0.1, 0.15) is 18.9 Å². The first-order valence-corrected chi connectivity index (χ1v) is 8.56. The summed E-state index contributed by atoms with van der Waals surface area (Å²) in [5.74, 6) is 0.691. The molecule has 0 aliphatic rings. The molecule has 0 radical (unpaired) electrons. The van der Waals surface area contributed by atoms with E-state index < -0.39 is 0 Å². The summed E-state index contributed by atoms with van der Waals surface area (Å²) in [4.78, 5) is 26.6. The van der Waals surface area contributed by atoms with Crippen LogP contribution >= 0.6 is 0 Å². The van der Waals surface area contributed by atoms with Crippen LogP contribution in [0.2, 0.25) is 0 Å². The zero-order valence-corrected chi connectivity index (χ0v) is 15.5. The Morgan fingerprint density at radius 3 is 2.31 bits per heavy atom. The number of likely N-dealkylation sites (N-methyl/N-ethyl adjacent to an activating group) is 1. The quantitative estimate of drug-likeness (QED) is 0.739. The lowest BCUT2D eigenvalue weighted by molar-refractivity contribution is -0.871. The van der Waals surface area contributed by atoms with E-state index in [0.29, 0.717) is 24.4 Å². The standard InChI is InChI=1S/C20H25N3O3/c1-22(2)20(25)16-9-11-17(12-10-16)21-19(24)15-23(3)13-14-26-18-7-5-4-6-8-18/h4-12H,13-15H2,1-3H3,(H,21,24)/p+1. The summed E-state index contributed by atoms with van der Waals surface area (Å²) in [6.07, 6.45) is 0. The number of para-hydroxylation sites is 1. The van der Waals surface area contributed by atoms with Gasteiger partial charge in [-0.15, -0.1) is 0 Å². The summed E-state index contributed by atoms with van der Waals surface area (Å²) in [6.45, 7) is 1.61. The molecule has 2 rings (SSSR count). The Kier molecular flexibility index (Phi) is 7.17. The van der Waals surface area contributed by atoms with Gasteiger partial charge in [-0.25, -0.2) is 0 Å². The molecular weight excluding hydrogens is 330 g/mol. The topological polar surface area (TPSA) is 63.1 Å².